The molecule has 240 valence electrons. The van der Waals surface area contributed by atoms with Gasteiger partial charge in [-0.25, -0.2) is 0 Å². The topological polar surface area (TPSA) is 85.4 Å². The number of aromatic nitrogens is 2. The first-order valence-corrected chi connectivity index (χ1v) is 16.4. The lowest BCUT2D eigenvalue weighted by Gasteiger charge is -2.11. The summed E-state index contributed by atoms with van der Waals surface area (Å²) >= 11 is 37.4. The molecular weight excluding hydrogens is 725 g/mol. The van der Waals surface area contributed by atoms with Crippen molar-refractivity contribution >= 4 is 81.0 Å². The van der Waals surface area contributed by atoms with E-state index in [4.69, 9.17) is 83.4 Å². The van der Waals surface area contributed by atoms with Crippen molar-refractivity contribution in [3.05, 3.63) is 138 Å². The Bertz CT molecular complexity index is 1850. The van der Waals surface area contributed by atoms with E-state index in [1.54, 1.807) is 24.3 Å². The molecule has 2 N–H and O–H groups in total. The second-order valence-corrected chi connectivity index (χ2v) is 12.7. The Morgan fingerprint density at radius 3 is 1.30 bits per heavy atom. The van der Waals surface area contributed by atoms with Gasteiger partial charge in [-0.2, -0.15) is 0 Å². The van der Waals surface area contributed by atoms with Crippen molar-refractivity contribution in [2.45, 2.75) is 26.3 Å². The molecule has 0 amide bonds. The minimum atomic E-state index is 0.213. The van der Waals surface area contributed by atoms with Gasteiger partial charge in [0.15, 0.2) is 11.5 Å². The predicted octanol–water partition coefficient (Wildman–Crippen LogP) is 11.9. The molecule has 4 aromatic carbocycles. The maximum absolute atomic E-state index is 6.30. The van der Waals surface area contributed by atoms with E-state index in [-0.39, 0.29) is 13.2 Å². The fraction of sp³-hybridized carbons (Fsp3) is 0.118. The summed E-state index contributed by atoms with van der Waals surface area (Å²) in [4.78, 5) is 0. The zero-order chi connectivity index (χ0) is 32.9. The summed E-state index contributed by atoms with van der Waals surface area (Å²) in [5.74, 6) is 1.16. The van der Waals surface area contributed by atoms with Gasteiger partial charge < -0.3 is 24.4 Å². The predicted molar refractivity (Wildman–Crippen MR) is 190 cm³/mol. The van der Waals surface area contributed by atoms with Crippen LogP contribution in [0.5, 0.6) is 0 Å². The lowest BCUT2D eigenvalue weighted by Crippen LogP contribution is -2.01. The van der Waals surface area contributed by atoms with Crippen molar-refractivity contribution in [1.29, 1.82) is 0 Å². The highest BCUT2D eigenvalue weighted by molar-refractivity contribution is 6.44. The monoisotopic (exact) mass is 746 g/mol. The van der Waals surface area contributed by atoms with E-state index < -0.39 is 0 Å². The Labute approximate surface area is 300 Å². The number of ether oxygens (including phenoxy) is 1. The Morgan fingerprint density at radius 1 is 0.511 bits per heavy atom. The first kappa shape index (κ1) is 33.5. The average molecular weight is 749 g/mol. The van der Waals surface area contributed by atoms with Crippen LogP contribution in [-0.4, -0.2) is 10.3 Å². The molecule has 0 spiro atoms. The highest BCUT2D eigenvalue weighted by Crippen LogP contribution is 2.33. The van der Waals surface area contributed by atoms with E-state index in [9.17, 15) is 0 Å². The Kier molecular flexibility index (Phi) is 10.8. The molecule has 0 saturated heterocycles. The molecule has 0 aliphatic rings. The second kappa shape index (κ2) is 15.2. The van der Waals surface area contributed by atoms with Crippen molar-refractivity contribution < 1.29 is 13.8 Å². The summed E-state index contributed by atoms with van der Waals surface area (Å²) in [6, 6.07) is 26.0. The normalized spacial score (nSPS) is 11.2. The van der Waals surface area contributed by atoms with Gasteiger partial charge in [-0.15, -0.1) is 0 Å². The molecule has 6 aromatic rings. The first-order chi connectivity index (χ1) is 22.7. The molecule has 2 heterocycles. The summed E-state index contributed by atoms with van der Waals surface area (Å²) in [7, 11) is 0. The Hall–Kier alpha value is -3.40. The fourth-order valence-corrected chi connectivity index (χ4v) is 6.01. The van der Waals surface area contributed by atoms with Gasteiger partial charge in [0.05, 0.1) is 20.1 Å². The van der Waals surface area contributed by atoms with Crippen molar-refractivity contribution in [2.75, 3.05) is 10.6 Å². The van der Waals surface area contributed by atoms with Crippen LogP contribution in [0.15, 0.2) is 94.0 Å². The third kappa shape index (κ3) is 8.19. The summed E-state index contributed by atoms with van der Waals surface area (Å²) in [6.07, 6.45) is 0. The van der Waals surface area contributed by atoms with E-state index in [1.165, 1.54) is 0 Å². The highest BCUT2D eigenvalue weighted by Gasteiger charge is 2.13. The van der Waals surface area contributed by atoms with Gasteiger partial charge in [0.2, 0.25) is 0 Å². The van der Waals surface area contributed by atoms with Crippen LogP contribution in [0.4, 0.5) is 11.4 Å². The average Bonchev–Trinajstić information content (AvgIpc) is 3.76. The van der Waals surface area contributed by atoms with Gasteiger partial charge in [0.1, 0.15) is 24.6 Å². The van der Waals surface area contributed by atoms with Gasteiger partial charge in [-0.05, 0) is 48.5 Å². The van der Waals surface area contributed by atoms with Gasteiger partial charge in [-0.1, -0.05) is 104 Å². The summed E-state index contributed by atoms with van der Waals surface area (Å²) in [5, 5.41) is 17.9. The van der Waals surface area contributed by atoms with E-state index >= 15 is 0 Å². The zero-order valence-corrected chi connectivity index (χ0v) is 28.8. The SMILES string of the molecule is Clc1ccc(Cl)c(CNc2ccc(-c3cc(COCc4cc(-c5ccc(NCc6c(Cl)ccc(Cl)c6Cl)cc5)no4)on3)cc2)c1Cl. The molecule has 6 rings (SSSR count). The van der Waals surface area contributed by atoms with Crippen molar-refractivity contribution in [3.63, 3.8) is 0 Å². The molecular formula is C34H24Cl6N4O3. The summed E-state index contributed by atoms with van der Waals surface area (Å²) in [5.41, 5.74) is 6.40. The number of anilines is 2. The summed E-state index contributed by atoms with van der Waals surface area (Å²) in [6.45, 7) is 1.28. The van der Waals surface area contributed by atoms with Crippen molar-refractivity contribution in [2.24, 2.45) is 0 Å². The van der Waals surface area contributed by atoms with Gasteiger partial charge >= 0.3 is 0 Å². The largest absolute Gasteiger partial charge is 0.381 e. The van der Waals surface area contributed by atoms with Gasteiger partial charge in [-0.3, -0.25) is 0 Å². The van der Waals surface area contributed by atoms with E-state index in [0.29, 0.717) is 66.1 Å². The second-order valence-electron chi connectivity index (χ2n) is 10.4. The Balaban J connectivity index is 0.977. The van der Waals surface area contributed by atoms with Crippen LogP contribution in [0.3, 0.4) is 0 Å². The Morgan fingerprint density at radius 2 is 0.894 bits per heavy atom. The number of nitrogens with zero attached hydrogens (tertiary/aromatic N) is 2. The molecule has 0 saturated carbocycles. The highest BCUT2D eigenvalue weighted by atomic mass is 35.5. The third-order valence-electron chi connectivity index (χ3n) is 7.18. The van der Waals surface area contributed by atoms with Crippen LogP contribution in [0.1, 0.15) is 22.6 Å². The standard InChI is InChI=1S/C34H24Cl6N4O3/c35-27-9-11-29(37)33(39)25(27)15-41-21-5-1-19(2-6-21)31-13-23(46-43-31)17-45-18-24-14-32(44-47-24)20-3-7-22(8-4-20)42-16-26-28(36)10-12-30(38)34(26)40/h1-14,41-42H,15-18H2. The van der Waals surface area contributed by atoms with Crippen LogP contribution in [-0.2, 0) is 31.0 Å². The molecule has 13 heteroatoms. The molecule has 7 nitrogen and oxygen atoms in total. The molecule has 47 heavy (non-hydrogen) atoms. The quantitative estimate of drug-likeness (QED) is 0.121. The first-order valence-electron chi connectivity index (χ1n) is 14.2. The zero-order valence-electron chi connectivity index (χ0n) is 24.3. The minimum Gasteiger partial charge on any atom is -0.381 e. The van der Waals surface area contributed by atoms with Gasteiger partial charge in [0, 0.05) is 68.9 Å². The lowest BCUT2D eigenvalue weighted by atomic mass is 10.1. The van der Waals surface area contributed by atoms with E-state index in [1.807, 2.05) is 60.7 Å². The number of benzene rings is 4. The molecule has 0 bridgehead atoms. The number of rotatable bonds is 12. The van der Waals surface area contributed by atoms with Crippen LogP contribution in [0.25, 0.3) is 22.5 Å². The maximum Gasteiger partial charge on any atom is 0.163 e. The third-order valence-corrected chi connectivity index (χ3v) is 9.58. The maximum atomic E-state index is 6.30. The van der Waals surface area contributed by atoms with E-state index in [2.05, 4.69) is 20.9 Å². The number of hydrogen-bond donors (Lipinski definition) is 2. The molecule has 0 unspecified atom stereocenters. The van der Waals surface area contributed by atoms with Gasteiger partial charge in [0.25, 0.3) is 0 Å². The van der Waals surface area contributed by atoms with Crippen LogP contribution in [0.2, 0.25) is 30.1 Å². The number of hydrogen-bond acceptors (Lipinski definition) is 7. The molecule has 2 aromatic heterocycles. The smallest absolute Gasteiger partial charge is 0.163 e. The van der Waals surface area contributed by atoms with Crippen molar-refractivity contribution in [3.8, 4) is 22.5 Å². The van der Waals surface area contributed by atoms with E-state index in [0.717, 1.165) is 33.6 Å². The van der Waals surface area contributed by atoms with Crippen LogP contribution >= 0.6 is 69.6 Å². The summed E-state index contributed by atoms with van der Waals surface area (Å²) < 4.78 is 16.8. The van der Waals surface area contributed by atoms with Crippen molar-refractivity contribution in [1.82, 2.24) is 10.3 Å². The molecule has 0 fully saturated rings. The van der Waals surface area contributed by atoms with Crippen LogP contribution in [0, 0.1) is 0 Å². The number of halogens is 6. The minimum absolute atomic E-state index is 0.213. The lowest BCUT2D eigenvalue weighted by molar-refractivity contribution is 0.0727. The molecule has 0 atom stereocenters. The number of nitrogens with one attached hydrogen (secondary N) is 2. The fourth-order valence-electron chi connectivity index (χ4n) is 4.65. The molecule has 0 aliphatic carbocycles. The molecule has 0 radical (unpaired) electrons. The molecule has 0 aliphatic heterocycles. The van der Waals surface area contributed by atoms with Crippen LogP contribution < -0.4 is 10.6 Å².